The fourth-order valence-corrected chi connectivity index (χ4v) is 10.1. The number of carbonyl (C=O) groups excluding carboxylic acids is 1. The van der Waals surface area contributed by atoms with Gasteiger partial charge in [-0.1, -0.05) is 287 Å². The molecule has 0 aliphatic heterocycles. The first-order valence-electron chi connectivity index (χ1n) is 31.5. The molecule has 9 heteroatoms. The van der Waals surface area contributed by atoms with E-state index in [0.29, 0.717) is 17.4 Å². The molecule has 3 atom stereocenters. The smallest absolute Gasteiger partial charge is 0.268 e. The topological polar surface area (TPSA) is 108 Å². The number of carbonyl (C=O) groups is 1. The third kappa shape index (κ3) is 58.0. The van der Waals surface area contributed by atoms with Crippen LogP contribution in [-0.2, 0) is 18.4 Å². The van der Waals surface area contributed by atoms with E-state index < -0.39 is 20.0 Å². The quantitative estimate of drug-likeness (QED) is 0.0272. The van der Waals surface area contributed by atoms with Crippen LogP contribution < -0.4 is 10.2 Å². The van der Waals surface area contributed by atoms with Crippen LogP contribution in [0.3, 0.4) is 0 Å². The van der Waals surface area contributed by atoms with Crippen LogP contribution in [0, 0.1) is 0 Å². The fraction of sp³-hybridized carbons (Fsp3) is 0.859. The highest BCUT2D eigenvalue weighted by Gasteiger charge is 2.23. The molecule has 0 fully saturated rings. The van der Waals surface area contributed by atoms with Gasteiger partial charge in [0.1, 0.15) is 13.2 Å². The van der Waals surface area contributed by atoms with Crippen molar-refractivity contribution in [1.29, 1.82) is 0 Å². The van der Waals surface area contributed by atoms with Crippen molar-refractivity contribution >= 4 is 13.7 Å². The second kappa shape index (κ2) is 55.2. The summed E-state index contributed by atoms with van der Waals surface area (Å²) in [6, 6.07) is -0.893. The van der Waals surface area contributed by atoms with Crippen LogP contribution in [0.4, 0.5) is 0 Å². The van der Waals surface area contributed by atoms with Gasteiger partial charge in [0.25, 0.3) is 7.82 Å². The number of nitrogens with zero attached hydrogens (tertiary/aromatic N) is 1. The Kier molecular flexibility index (Phi) is 54.1. The summed E-state index contributed by atoms with van der Waals surface area (Å²) in [6.07, 6.45) is 73.4. The summed E-state index contributed by atoms with van der Waals surface area (Å²) in [5.41, 5.74) is 0. The summed E-state index contributed by atoms with van der Waals surface area (Å²) in [7, 11) is 1.26. The standard InChI is InChI=1S/C64H123N2O6P/c1-6-8-10-12-14-16-18-20-22-24-26-28-30-31-32-33-34-36-37-39-41-43-45-47-49-51-53-55-57-63(67)62(61-72-73(69,70)71-60-59-66(3,4)5)65-64(68)58-56-54-52-50-48-46-44-42-40-38-35-29-27-25-23-21-19-17-15-13-11-9-7-2/h19,21,25,27,35,38,55,57,62-63,67H,6-18,20,22-24,26,28-34,36-37,39-54,56,58-61H2,1-5H3,(H-,65,68,69,70)/b21-19-,27-25-,38-35-,57-55+. The molecular weight excluding hydrogens is 924 g/mol. The zero-order valence-electron chi connectivity index (χ0n) is 49.1. The Bertz CT molecular complexity index is 1330. The van der Waals surface area contributed by atoms with Crippen LogP contribution in [0.15, 0.2) is 48.6 Å². The predicted molar refractivity (Wildman–Crippen MR) is 316 cm³/mol. The molecule has 73 heavy (non-hydrogen) atoms. The minimum absolute atomic E-state index is 0.00325. The Morgan fingerprint density at radius 2 is 0.795 bits per heavy atom. The van der Waals surface area contributed by atoms with E-state index in [4.69, 9.17) is 9.05 Å². The number of phosphoric ester groups is 1. The van der Waals surface area contributed by atoms with Crippen LogP contribution in [0.25, 0.3) is 0 Å². The largest absolute Gasteiger partial charge is 0.756 e. The Balaban J connectivity index is 4.16. The molecule has 0 saturated carbocycles. The maximum absolute atomic E-state index is 13.0. The van der Waals surface area contributed by atoms with E-state index in [0.717, 1.165) is 57.8 Å². The normalized spacial score (nSPS) is 14.1. The molecule has 1 amide bonds. The minimum atomic E-state index is -4.60. The molecule has 0 aromatic heterocycles. The molecule has 430 valence electrons. The average Bonchev–Trinajstić information content (AvgIpc) is 3.35. The number of allylic oxidation sites excluding steroid dienone is 7. The number of phosphoric acid groups is 1. The van der Waals surface area contributed by atoms with Crippen molar-refractivity contribution in [2.45, 2.75) is 315 Å². The van der Waals surface area contributed by atoms with Gasteiger partial charge >= 0.3 is 0 Å². The van der Waals surface area contributed by atoms with Crippen LogP contribution in [0.5, 0.6) is 0 Å². The number of amides is 1. The third-order valence-corrected chi connectivity index (χ3v) is 15.2. The predicted octanol–water partition coefficient (Wildman–Crippen LogP) is 18.9. The van der Waals surface area contributed by atoms with Gasteiger partial charge in [0.2, 0.25) is 5.91 Å². The molecule has 0 bridgehead atoms. The van der Waals surface area contributed by atoms with Gasteiger partial charge in [0, 0.05) is 6.42 Å². The number of rotatable bonds is 58. The minimum Gasteiger partial charge on any atom is -0.756 e. The lowest BCUT2D eigenvalue weighted by atomic mass is 10.0. The third-order valence-electron chi connectivity index (χ3n) is 14.3. The average molecular weight is 1050 g/mol. The van der Waals surface area contributed by atoms with Gasteiger partial charge in [0.05, 0.1) is 39.9 Å². The van der Waals surface area contributed by atoms with Crippen LogP contribution >= 0.6 is 7.82 Å². The Hall–Kier alpha value is -1.54. The highest BCUT2D eigenvalue weighted by atomic mass is 31.2. The van der Waals surface area contributed by atoms with E-state index in [2.05, 4.69) is 55.6 Å². The maximum atomic E-state index is 13.0. The summed E-state index contributed by atoms with van der Waals surface area (Å²) in [4.78, 5) is 25.6. The molecule has 0 heterocycles. The second-order valence-electron chi connectivity index (χ2n) is 22.8. The molecule has 0 rings (SSSR count). The number of unbranched alkanes of at least 4 members (excludes halogenated alkanes) is 39. The lowest BCUT2D eigenvalue weighted by molar-refractivity contribution is -0.870. The maximum Gasteiger partial charge on any atom is 0.268 e. The van der Waals surface area contributed by atoms with Gasteiger partial charge < -0.3 is 28.8 Å². The van der Waals surface area contributed by atoms with Crippen LogP contribution in [0.2, 0.25) is 0 Å². The van der Waals surface area contributed by atoms with Gasteiger partial charge in [-0.15, -0.1) is 0 Å². The molecule has 0 saturated heterocycles. The molecule has 2 N–H and O–H groups in total. The zero-order valence-corrected chi connectivity index (χ0v) is 50.0. The van der Waals surface area contributed by atoms with E-state index in [1.807, 2.05) is 27.2 Å². The van der Waals surface area contributed by atoms with Crippen molar-refractivity contribution in [3.05, 3.63) is 48.6 Å². The number of quaternary nitrogens is 1. The number of hydrogen-bond donors (Lipinski definition) is 2. The molecule has 0 aromatic rings. The van der Waals surface area contributed by atoms with Crippen molar-refractivity contribution in [2.24, 2.45) is 0 Å². The summed E-state index contributed by atoms with van der Waals surface area (Å²) < 4.78 is 23.4. The van der Waals surface area contributed by atoms with Crippen molar-refractivity contribution in [3.63, 3.8) is 0 Å². The van der Waals surface area contributed by atoms with Crippen molar-refractivity contribution < 1.29 is 32.9 Å². The molecule has 8 nitrogen and oxygen atoms in total. The van der Waals surface area contributed by atoms with Crippen molar-refractivity contribution in [1.82, 2.24) is 5.32 Å². The summed E-state index contributed by atoms with van der Waals surface area (Å²) in [6.45, 7) is 4.67. The van der Waals surface area contributed by atoms with Gasteiger partial charge in [-0.3, -0.25) is 9.36 Å². The monoisotopic (exact) mass is 1050 g/mol. The van der Waals surface area contributed by atoms with E-state index in [1.54, 1.807) is 6.08 Å². The molecule has 0 aliphatic carbocycles. The van der Waals surface area contributed by atoms with Gasteiger partial charge in [-0.25, -0.2) is 0 Å². The van der Waals surface area contributed by atoms with E-state index in [9.17, 15) is 19.4 Å². The number of aliphatic hydroxyl groups is 1. The highest BCUT2D eigenvalue weighted by molar-refractivity contribution is 7.45. The number of hydrogen-bond acceptors (Lipinski definition) is 6. The molecule has 0 aromatic carbocycles. The fourth-order valence-electron chi connectivity index (χ4n) is 9.34. The lowest BCUT2D eigenvalue weighted by Crippen LogP contribution is -2.45. The Labute approximate surface area is 454 Å². The first-order valence-corrected chi connectivity index (χ1v) is 33.0. The summed E-state index contributed by atoms with van der Waals surface area (Å²) in [5.74, 6) is -0.202. The van der Waals surface area contributed by atoms with Gasteiger partial charge in [-0.05, 0) is 57.8 Å². The van der Waals surface area contributed by atoms with E-state index in [1.165, 1.54) is 225 Å². The number of nitrogens with one attached hydrogen (secondary N) is 1. The SMILES string of the molecule is CCCCCCC/C=C\C/C=C\C/C=C\CCCCCCCCCCC(=O)NC(COP(=O)([O-])OCC[N+](C)(C)C)C(O)/C=C/CCCCCCCCCCCCCCCCCCCCCCCCCCCC. The molecule has 0 radical (unpaired) electrons. The highest BCUT2D eigenvalue weighted by Crippen LogP contribution is 2.38. The summed E-state index contributed by atoms with van der Waals surface area (Å²) in [5, 5.41) is 13.9. The Morgan fingerprint density at radius 1 is 0.479 bits per heavy atom. The van der Waals surface area contributed by atoms with E-state index >= 15 is 0 Å². The number of aliphatic hydroxyl groups excluding tert-OH is 1. The van der Waals surface area contributed by atoms with Gasteiger partial charge in [-0.2, -0.15) is 0 Å². The molecule has 0 spiro atoms. The van der Waals surface area contributed by atoms with Crippen molar-refractivity contribution in [2.75, 3.05) is 40.9 Å². The first kappa shape index (κ1) is 71.5. The lowest BCUT2D eigenvalue weighted by Gasteiger charge is -2.29. The van der Waals surface area contributed by atoms with Gasteiger partial charge in [0.15, 0.2) is 0 Å². The molecular formula is C64H123N2O6P. The molecule has 0 aliphatic rings. The second-order valence-corrected chi connectivity index (χ2v) is 24.2. The van der Waals surface area contributed by atoms with E-state index in [-0.39, 0.29) is 19.1 Å². The van der Waals surface area contributed by atoms with Crippen LogP contribution in [-0.4, -0.2) is 68.5 Å². The first-order chi connectivity index (χ1) is 35.5. The number of likely N-dealkylation sites (N-methyl/N-ethyl adjacent to an activating group) is 1. The Morgan fingerprint density at radius 3 is 1.15 bits per heavy atom. The van der Waals surface area contributed by atoms with Crippen LogP contribution in [0.1, 0.15) is 303 Å². The summed E-state index contributed by atoms with van der Waals surface area (Å²) >= 11 is 0. The molecule has 3 unspecified atom stereocenters. The van der Waals surface area contributed by atoms with Crippen molar-refractivity contribution in [3.8, 4) is 0 Å². The zero-order chi connectivity index (χ0) is 53.5.